The van der Waals surface area contributed by atoms with E-state index in [1.54, 1.807) is 0 Å². The molecule has 0 bridgehead atoms. The van der Waals surface area contributed by atoms with Gasteiger partial charge in [0, 0.05) is 12.5 Å². The fraction of sp³-hybridized carbons (Fsp3) is 0.368. The number of hydrogen-bond acceptors (Lipinski definition) is 2. The standard InChI is InChI=1S/C19H23NO/c1-20-19-9-5-8-16-10-11-17(14-18(16)19)21-13-12-15-6-3-2-4-7-15/h2-4,6-7,10-11,14,19-20H,5,8-9,12-13H2,1H3. The van der Waals surface area contributed by atoms with Crippen LogP contribution in [0.3, 0.4) is 0 Å². The Morgan fingerprint density at radius 3 is 2.81 bits per heavy atom. The second-order valence-electron chi connectivity index (χ2n) is 5.68. The van der Waals surface area contributed by atoms with Gasteiger partial charge in [-0.2, -0.15) is 0 Å². The third kappa shape index (κ3) is 3.45. The minimum atomic E-state index is 0.478. The van der Waals surface area contributed by atoms with Crippen LogP contribution < -0.4 is 10.1 Å². The molecular weight excluding hydrogens is 258 g/mol. The van der Waals surface area contributed by atoms with Crippen molar-refractivity contribution in [1.82, 2.24) is 5.32 Å². The lowest BCUT2D eigenvalue weighted by atomic mass is 9.87. The van der Waals surface area contributed by atoms with E-state index in [0.717, 1.165) is 18.8 Å². The fourth-order valence-electron chi connectivity index (χ4n) is 3.10. The molecular formula is C19H23NO. The Hall–Kier alpha value is -1.80. The lowest BCUT2D eigenvalue weighted by molar-refractivity contribution is 0.320. The molecule has 0 saturated heterocycles. The van der Waals surface area contributed by atoms with Crippen LogP contribution >= 0.6 is 0 Å². The predicted molar refractivity (Wildman–Crippen MR) is 86.8 cm³/mol. The number of hydrogen-bond donors (Lipinski definition) is 1. The van der Waals surface area contributed by atoms with E-state index in [4.69, 9.17) is 4.74 Å². The maximum absolute atomic E-state index is 5.94. The van der Waals surface area contributed by atoms with E-state index in [2.05, 4.69) is 47.8 Å². The van der Waals surface area contributed by atoms with Crippen LogP contribution in [0, 0.1) is 0 Å². The van der Waals surface area contributed by atoms with E-state index in [9.17, 15) is 0 Å². The van der Waals surface area contributed by atoms with Crippen molar-refractivity contribution in [2.24, 2.45) is 0 Å². The second kappa shape index (κ2) is 6.77. The molecule has 0 fully saturated rings. The van der Waals surface area contributed by atoms with Crippen LogP contribution in [0.2, 0.25) is 0 Å². The normalized spacial score (nSPS) is 17.3. The van der Waals surface area contributed by atoms with Crippen molar-refractivity contribution in [2.45, 2.75) is 31.7 Å². The molecule has 0 saturated carbocycles. The van der Waals surface area contributed by atoms with Crippen LogP contribution in [0.25, 0.3) is 0 Å². The highest BCUT2D eigenvalue weighted by Crippen LogP contribution is 2.32. The molecule has 1 atom stereocenters. The summed E-state index contributed by atoms with van der Waals surface area (Å²) >= 11 is 0. The maximum atomic E-state index is 5.94. The van der Waals surface area contributed by atoms with Gasteiger partial charge < -0.3 is 10.1 Å². The van der Waals surface area contributed by atoms with Crippen LogP contribution in [0.15, 0.2) is 48.5 Å². The Morgan fingerprint density at radius 1 is 1.14 bits per heavy atom. The fourth-order valence-corrected chi connectivity index (χ4v) is 3.10. The predicted octanol–water partition coefficient (Wildman–Crippen LogP) is 3.90. The summed E-state index contributed by atoms with van der Waals surface area (Å²) in [6.07, 6.45) is 4.63. The van der Waals surface area contributed by atoms with E-state index in [1.807, 2.05) is 13.1 Å². The summed E-state index contributed by atoms with van der Waals surface area (Å²) in [6.45, 7) is 0.729. The Kier molecular flexibility index (Phi) is 4.56. The quantitative estimate of drug-likeness (QED) is 0.897. The minimum Gasteiger partial charge on any atom is -0.493 e. The summed E-state index contributed by atoms with van der Waals surface area (Å²) < 4.78 is 5.94. The molecule has 0 aromatic heterocycles. The highest BCUT2D eigenvalue weighted by Gasteiger charge is 2.19. The van der Waals surface area contributed by atoms with Crippen LogP contribution in [-0.4, -0.2) is 13.7 Å². The summed E-state index contributed by atoms with van der Waals surface area (Å²) in [4.78, 5) is 0. The third-order valence-corrected chi connectivity index (χ3v) is 4.28. The lowest BCUT2D eigenvalue weighted by Gasteiger charge is -2.25. The topological polar surface area (TPSA) is 21.3 Å². The zero-order chi connectivity index (χ0) is 14.5. The number of ether oxygens (including phenoxy) is 1. The number of aryl methyl sites for hydroxylation is 1. The molecule has 1 aliphatic carbocycles. The van der Waals surface area contributed by atoms with Gasteiger partial charge in [-0.15, -0.1) is 0 Å². The number of nitrogens with one attached hydrogen (secondary N) is 1. The van der Waals surface area contributed by atoms with Crippen LogP contribution in [0.4, 0.5) is 0 Å². The molecule has 2 nitrogen and oxygen atoms in total. The minimum absolute atomic E-state index is 0.478. The smallest absolute Gasteiger partial charge is 0.119 e. The molecule has 1 N–H and O–H groups in total. The molecule has 21 heavy (non-hydrogen) atoms. The highest BCUT2D eigenvalue weighted by atomic mass is 16.5. The van der Waals surface area contributed by atoms with Crippen molar-refractivity contribution < 1.29 is 4.74 Å². The highest BCUT2D eigenvalue weighted by molar-refractivity contribution is 5.39. The molecule has 0 amide bonds. The average Bonchev–Trinajstić information content (AvgIpc) is 2.55. The Bertz CT molecular complexity index is 579. The van der Waals surface area contributed by atoms with Crippen LogP contribution in [-0.2, 0) is 12.8 Å². The van der Waals surface area contributed by atoms with Gasteiger partial charge in [-0.3, -0.25) is 0 Å². The summed E-state index contributed by atoms with van der Waals surface area (Å²) in [6, 6.07) is 17.5. The van der Waals surface area contributed by atoms with Gasteiger partial charge in [0.1, 0.15) is 5.75 Å². The average molecular weight is 281 g/mol. The zero-order valence-corrected chi connectivity index (χ0v) is 12.6. The first-order chi connectivity index (χ1) is 10.4. The maximum Gasteiger partial charge on any atom is 0.119 e. The van der Waals surface area contributed by atoms with Crippen molar-refractivity contribution in [3.63, 3.8) is 0 Å². The lowest BCUT2D eigenvalue weighted by Crippen LogP contribution is -2.21. The first kappa shape index (κ1) is 14.2. The second-order valence-corrected chi connectivity index (χ2v) is 5.68. The molecule has 110 valence electrons. The monoisotopic (exact) mass is 281 g/mol. The Morgan fingerprint density at radius 2 is 2.00 bits per heavy atom. The molecule has 0 heterocycles. The zero-order valence-electron chi connectivity index (χ0n) is 12.6. The summed E-state index contributed by atoms with van der Waals surface area (Å²) in [7, 11) is 2.04. The Balaban J connectivity index is 1.64. The number of fused-ring (bicyclic) bond motifs is 1. The van der Waals surface area contributed by atoms with E-state index in [1.165, 1.54) is 36.0 Å². The van der Waals surface area contributed by atoms with Crippen molar-refractivity contribution in [3.05, 3.63) is 65.2 Å². The largest absolute Gasteiger partial charge is 0.493 e. The molecule has 1 unspecified atom stereocenters. The molecule has 0 radical (unpaired) electrons. The van der Waals surface area contributed by atoms with Gasteiger partial charge in [0.05, 0.1) is 6.61 Å². The summed E-state index contributed by atoms with van der Waals surface area (Å²) in [5, 5.41) is 3.41. The molecule has 0 spiro atoms. The molecule has 2 heteroatoms. The SMILES string of the molecule is CNC1CCCc2ccc(OCCc3ccccc3)cc21. The van der Waals surface area contributed by atoms with Crippen molar-refractivity contribution in [3.8, 4) is 5.75 Å². The van der Waals surface area contributed by atoms with E-state index in [0.29, 0.717) is 6.04 Å². The first-order valence-corrected chi connectivity index (χ1v) is 7.83. The van der Waals surface area contributed by atoms with Crippen molar-refractivity contribution in [1.29, 1.82) is 0 Å². The first-order valence-electron chi connectivity index (χ1n) is 7.83. The molecule has 2 aromatic rings. The Labute approximate surface area is 127 Å². The van der Waals surface area contributed by atoms with Crippen LogP contribution in [0.5, 0.6) is 5.75 Å². The van der Waals surface area contributed by atoms with E-state index in [-0.39, 0.29) is 0 Å². The van der Waals surface area contributed by atoms with E-state index >= 15 is 0 Å². The number of benzene rings is 2. The van der Waals surface area contributed by atoms with Gasteiger partial charge in [0.2, 0.25) is 0 Å². The molecule has 1 aliphatic rings. The number of rotatable bonds is 5. The van der Waals surface area contributed by atoms with Gasteiger partial charge in [0.25, 0.3) is 0 Å². The van der Waals surface area contributed by atoms with Crippen molar-refractivity contribution >= 4 is 0 Å². The van der Waals surface area contributed by atoms with Gasteiger partial charge in [-0.05, 0) is 55.1 Å². The molecule has 2 aromatic carbocycles. The van der Waals surface area contributed by atoms with Gasteiger partial charge in [0.15, 0.2) is 0 Å². The summed E-state index contributed by atoms with van der Waals surface area (Å²) in [5.41, 5.74) is 4.21. The van der Waals surface area contributed by atoms with Gasteiger partial charge in [-0.1, -0.05) is 36.4 Å². The van der Waals surface area contributed by atoms with E-state index < -0.39 is 0 Å². The van der Waals surface area contributed by atoms with Gasteiger partial charge in [-0.25, -0.2) is 0 Å². The van der Waals surface area contributed by atoms with Crippen LogP contribution in [0.1, 0.15) is 35.6 Å². The van der Waals surface area contributed by atoms with Gasteiger partial charge >= 0.3 is 0 Å². The summed E-state index contributed by atoms with van der Waals surface area (Å²) in [5.74, 6) is 0.992. The van der Waals surface area contributed by atoms with Crippen molar-refractivity contribution in [2.75, 3.05) is 13.7 Å². The molecule has 3 rings (SSSR count). The third-order valence-electron chi connectivity index (χ3n) is 4.28. The molecule has 0 aliphatic heterocycles.